The molecule has 0 saturated carbocycles. The second-order valence-corrected chi connectivity index (χ2v) is 8.45. The minimum absolute atomic E-state index is 0.00141. The lowest BCUT2D eigenvalue weighted by Gasteiger charge is -2.32. The first kappa shape index (κ1) is 18.9. The standard InChI is InChI=1S/C22H25N3O2S/c1-3-27-22(26)17-9-11-25(12-10-17)20-18-13-15(2)28-21(18)24-19(23-20)14-16-7-5-4-6-8-16/h4-8,13,17H,3,9-12,14H2,1-2H3. The lowest BCUT2D eigenvalue weighted by Crippen LogP contribution is -2.37. The first-order valence-electron chi connectivity index (χ1n) is 9.86. The van der Waals surface area contributed by atoms with Gasteiger partial charge >= 0.3 is 5.97 Å². The highest BCUT2D eigenvalue weighted by atomic mass is 32.1. The number of aromatic nitrogens is 2. The Morgan fingerprint density at radius 1 is 1.21 bits per heavy atom. The van der Waals surface area contributed by atoms with Crippen LogP contribution < -0.4 is 4.90 Å². The number of nitrogens with zero attached hydrogens (tertiary/aromatic N) is 3. The van der Waals surface area contributed by atoms with Crippen LogP contribution in [-0.4, -0.2) is 35.6 Å². The van der Waals surface area contributed by atoms with Gasteiger partial charge in [0, 0.05) is 24.4 Å². The highest BCUT2D eigenvalue weighted by Crippen LogP contribution is 2.33. The number of piperidine rings is 1. The van der Waals surface area contributed by atoms with Crippen molar-refractivity contribution >= 4 is 33.3 Å². The van der Waals surface area contributed by atoms with Gasteiger partial charge in [-0.1, -0.05) is 30.3 Å². The maximum absolute atomic E-state index is 12.0. The maximum Gasteiger partial charge on any atom is 0.309 e. The molecule has 0 aliphatic carbocycles. The van der Waals surface area contributed by atoms with Crippen molar-refractivity contribution in [1.29, 1.82) is 0 Å². The zero-order valence-corrected chi connectivity index (χ0v) is 17.2. The van der Waals surface area contributed by atoms with Gasteiger partial charge in [-0.25, -0.2) is 9.97 Å². The highest BCUT2D eigenvalue weighted by Gasteiger charge is 2.28. The maximum atomic E-state index is 12.0. The Labute approximate surface area is 169 Å². The highest BCUT2D eigenvalue weighted by molar-refractivity contribution is 7.18. The molecule has 0 bridgehead atoms. The van der Waals surface area contributed by atoms with E-state index >= 15 is 0 Å². The van der Waals surface area contributed by atoms with Crippen LogP contribution in [0.25, 0.3) is 10.2 Å². The van der Waals surface area contributed by atoms with Gasteiger partial charge in [-0.05, 0) is 38.3 Å². The first-order valence-corrected chi connectivity index (χ1v) is 10.7. The summed E-state index contributed by atoms with van der Waals surface area (Å²) in [6, 6.07) is 12.5. The fourth-order valence-corrected chi connectivity index (χ4v) is 4.65. The van der Waals surface area contributed by atoms with Crippen LogP contribution in [0.2, 0.25) is 0 Å². The van der Waals surface area contributed by atoms with Gasteiger partial charge < -0.3 is 9.64 Å². The summed E-state index contributed by atoms with van der Waals surface area (Å²) in [6.07, 6.45) is 2.34. The quantitative estimate of drug-likeness (QED) is 0.601. The Kier molecular flexibility index (Phi) is 5.57. The van der Waals surface area contributed by atoms with Crippen LogP contribution >= 0.6 is 11.3 Å². The molecular formula is C22H25N3O2S. The van der Waals surface area contributed by atoms with Gasteiger partial charge in [0.2, 0.25) is 0 Å². The first-order chi connectivity index (χ1) is 13.6. The van der Waals surface area contributed by atoms with Crippen molar-refractivity contribution in [3.8, 4) is 0 Å². The Bertz CT molecular complexity index is 963. The Hall–Kier alpha value is -2.47. The number of thiophene rings is 1. The molecule has 0 radical (unpaired) electrons. The number of hydrogen-bond donors (Lipinski definition) is 0. The molecule has 28 heavy (non-hydrogen) atoms. The summed E-state index contributed by atoms with van der Waals surface area (Å²) in [4.78, 5) is 26.4. The number of rotatable bonds is 5. The molecule has 4 rings (SSSR count). The van der Waals surface area contributed by atoms with E-state index in [1.165, 1.54) is 10.4 Å². The van der Waals surface area contributed by atoms with E-state index in [0.29, 0.717) is 6.61 Å². The second-order valence-electron chi connectivity index (χ2n) is 7.22. The zero-order chi connectivity index (χ0) is 19.5. The number of fused-ring (bicyclic) bond motifs is 1. The van der Waals surface area contributed by atoms with Gasteiger partial charge in [0.25, 0.3) is 0 Å². The minimum atomic E-state index is -0.0638. The molecule has 5 nitrogen and oxygen atoms in total. The predicted octanol–water partition coefficient (Wildman–Crippen LogP) is 4.37. The van der Waals surface area contributed by atoms with Gasteiger partial charge in [0.15, 0.2) is 0 Å². The third kappa shape index (κ3) is 4.02. The van der Waals surface area contributed by atoms with Crippen LogP contribution in [-0.2, 0) is 16.0 Å². The van der Waals surface area contributed by atoms with Crippen molar-refractivity contribution in [2.45, 2.75) is 33.1 Å². The van der Waals surface area contributed by atoms with E-state index < -0.39 is 0 Å². The zero-order valence-electron chi connectivity index (χ0n) is 16.4. The van der Waals surface area contributed by atoms with Gasteiger partial charge in [-0.3, -0.25) is 4.79 Å². The minimum Gasteiger partial charge on any atom is -0.466 e. The molecule has 1 fully saturated rings. The number of aryl methyl sites for hydroxylation is 1. The molecule has 1 aliphatic rings. The summed E-state index contributed by atoms with van der Waals surface area (Å²) in [7, 11) is 0. The molecule has 1 aliphatic heterocycles. The molecule has 0 spiro atoms. The molecule has 0 N–H and O–H groups in total. The molecule has 3 heterocycles. The normalized spacial score (nSPS) is 15.1. The van der Waals surface area contributed by atoms with Gasteiger partial charge in [-0.2, -0.15) is 0 Å². The molecule has 1 aromatic carbocycles. The van der Waals surface area contributed by atoms with Gasteiger partial charge in [0.05, 0.1) is 17.9 Å². The lowest BCUT2D eigenvalue weighted by atomic mass is 9.97. The van der Waals surface area contributed by atoms with Crippen molar-refractivity contribution in [2.75, 3.05) is 24.6 Å². The topological polar surface area (TPSA) is 55.3 Å². The molecular weight excluding hydrogens is 370 g/mol. The van der Waals surface area contributed by atoms with Crippen molar-refractivity contribution in [3.63, 3.8) is 0 Å². The summed E-state index contributed by atoms with van der Waals surface area (Å²) in [5.74, 6) is 1.79. The molecule has 0 atom stereocenters. The Morgan fingerprint density at radius 3 is 2.68 bits per heavy atom. The molecule has 6 heteroatoms. The van der Waals surface area contributed by atoms with Gasteiger partial charge in [-0.15, -0.1) is 11.3 Å². The molecule has 1 saturated heterocycles. The summed E-state index contributed by atoms with van der Waals surface area (Å²) < 4.78 is 5.20. The summed E-state index contributed by atoms with van der Waals surface area (Å²) in [6.45, 7) is 6.05. The van der Waals surface area contributed by atoms with Crippen LogP contribution in [0.15, 0.2) is 36.4 Å². The van der Waals surface area contributed by atoms with Gasteiger partial charge in [0.1, 0.15) is 16.5 Å². The van der Waals surface area contributed by atoms with Crippen LogP contribution in [0.3, 0.4) is 0 Å². The lowest BCUT2D eigenvalue weighted by molar-refractivity contribution is -0.148. The van der Waals surface area contributed by atoms with Crippen molar-refractivity contribution in [1.82, 2.24) is 9.97 Å². The number of anilines is 1. The SMILES string of the molecule is CCOC(=O)C1CCN(c2nc(Cc3ccccc3)nc3sc(C)cc23)CC1. The number of benzene rings is 1. The predicted molar refractivity (Wildman–Crippen MR) is 113 cm³/mol. The average Bonchev–Trinajstić information content (AvgIpc) is 3.08. The van der Waals surface area contributed by atoms with E-state index in [2.05, 4.69) is 30.0 Å². The van der Waals surface area contributed by atoms with Crippen LogP contribution in [0, 0.1) is 12.8 Å². The summed E-state index contributed by atoms with van der Waals surface area (Å²) in [5, 5.41) is 1.12. The monoisotopic (exact) mass is 395 g/mol. The number of carbonyl (C=O) groups is 1. The number of hydrogen-bond acceptors (Lipinski definition) is 6. The molecule has 146 valence electrons. The smallest absolute Gasteiger partial charge is 0.309 e. The van der Waals surface area contributed by atoms with Crippen LogP contribution in [0.4, 0.5) is 5.82 Å². The van der Waals surface area contributed by atoms with E-state index in [9.17, 15) is 4.79 Å². The third-order valence-corrected chi connectivity index (χ3v) is 6.11. The van der Waals surface area contributed by atoms with E-state index in [4.69, 9.17) is 14.7 Å². The molecule has 0 unspecified atom stereocenters. The van der Waals surface area contributed by atoms with Crippen molar-refractivity contribution in [3.05, 3.63) is 52.7 Å². The second kappa shape index (κ2) is 8.27. The number of ether oxygens (including phenoxy) is 1. The van der Waals surface area contributed by atoms with Crippen LogP contribution in [0.5, 0.6) is 0 Å². The fourth-order valence-electron chi connectivity index (χ4n) is 3.76. The molecule has 0 amide bonds. The van der Waals surface area contributed by atoms with E-state index in [1.54, 1.807) is 11.3 Å². The number of esters is 1. The Balaban J connectivity index is 1.60. The summed E-state index contributed by atoms with van der Waals surface area (Å²) in [5.41, 5.74) is 1.21. The van der Waals surface area contributed by atoms with Crippen molar-refractivity contribution in [2.24, 2.45) is 5.92 Å². The molecule has 3 aromatic rings. The average molecular weight is 396 g/mol. The Morgan fingerprint density at radius 2 is 1.96 bits per heavy atom. The number of carbonyl (C=O) groups excluding carboxylic acids is 1. The van der Waals surface area contributed by atoms with Crippen LogP contribution in [0.1, 0.15) is 36.0 Å². The summed E-state index contributed by atoms with van der Waals surface area (Å²) >= 11 is 1.72. The third-order valence-electron chi connectivity index (χ3n) is 5.16. The largest absolute Gasteiger partial charge is 0.466 e. The van der Waals surface area contributed by atoms with Crippen molar-refractivity contribution < 1.29 is 9.53 Å². The van der Waals surface area contributed by atoms with E-state index in [0.717, 1.165) is 54.2 Å². The van der Waals surface area contributed by atoms with E-state index in [-0.39, 0.29) is 11.9 Å². The fraction of sp³-hybridized carbons (Fsp3) is 0.409. The van der Waals surface area contributed by atoms with E-state index in [1.807, 2.05) is 25.1 Å². The molecule has 2 aromatic heterocycles.